The molecule has 1 aromatic rings. The van der Waals surface area contributed by atoms with Gasteiger partial charge >= 0.3 is 12.0 Å². The SMILES string of the molecule is CC1CCN(C(=O)N(C)c2ccc(F)cc2)C1C(=O)O. The first-order chi connectivity index (χ1) is 9.41. The first-order valence-electron chi connectivity index (χ1n) is 6.44. The number of hydrogen-bond acceptors (Lipinski definition) is 2. The average molecular weight is 280 g/mol. The first kappa shape index (κ1) is 14.3. The lowest BCUT2D eigenvalue weighted by atomic mass is 10.0. The lowest BCUT2D eigenvalue weighted by Crippen LogP contribution is -2.48. The zero-order chi connectivity index (χ0) is 14.9. The molecule has 20 heavy (non-hydrogen) atoms. The Morgan fingerprint density at radius 3 is 2.50 bits per heavy atom. The molecule has 0 saturated carbocycles. The van der Waals surface area contributed by atoms with E-state index in [-0.39, 0.29) is 17.8 Å². The Balaban J connectivity index is 2.18. The van der Waals surface area contributed by atoms with Gasteiger partial charge in [0.2, 0.25) is 0 Å². The molecule has 0 bridgehead atoms. The van der Waals surface area contributed by atoms with Crippen LogP contribution in [0.25, 0.3) is 0 Å². The molecular formula is C14H17FN2O3. The molecule has 1 fully saturated rings. The fourth-order valence-corrected chi connectivity index (χ4v) is 2.51. The second-order valence-corrected chi connectivity index (χ2v) is 5.06. The Bertz CT molecular complexity index is 518. The Morgan fingerprint density at radius 1 is 1.35 bits per heavy atom. The summed E-state index contributed by atoms with van der Waals surface area (Å²) < 4.78 is 12.9. The number of nitrogens with zero attached hydrogens (tertiary/aromatic N) is 2. The molecule has 0 radical (unpaired) electrons. The van der Waals surface area contributed by atoms with Crippen molar-refractivity contribution in [3.8, 4) is 0 Å². The van der Waals surface area contributed by atoms with Crippen LogP contribution in [0.4, 0.5) is 14.9 Å². The predicted octanol–water partition coefficient (Wildman–Crippen LogP) is 2.18. The van der Waals surface area contributed by atoms with Crippen molar-refractivity contribution >= 4 is 17.7 Å². The zero-order valence-corrected chi connectivity index (χ0v) is 11.4. The van der Waals surface area contributed by atoms with E-state index >= 15 is 0 Å². The predicted molar refractivity (Wildman–Crippen MR) is 72.1 cm³/mol. The Kier molecular flexibility index (Phi) is 3.92. The molecule has 1 aliphatic heterocycles. The van der Waals surface area contributed by atoms with Gasteiger partial charge in [-0.1, -0.05) is 6.92 Å². The van der Waals surface area contributed by atoms with Crippen LogP contribution in [0.15, 0.2) is 24.3 Å². The van der Waals surface area contributed by atoms with Gasteiger partial charge in [0.15, 0.2) is 0 Å². The largest absolute Gasteiger partial charge is 0.480 e. The van der Waals surface area contributed by atoms with Crippen molar-refractivity contribution in [1.82, 2.24) is 4.90 Å². The summed E-state index contributed by atoms with van der Waals surface area (Å²) in [7, 11) is 1.55. The number of anilines is 1. The maximum atomic E-state index is 12.9. The van der Waals surface area contributed by atoms with Crippen molar-refractivity contribution in [2.24, 2.45) is 5.92 Å². The highest BCUT2D eigenvalue weighted by Gasteiger charge is 2.40. The Hall–Kier alpha value is -2.11. The topological polar surface area (TPSA) is 60.9 Å². The Labute approximate surface area is 116 Å². The van der Waals surface area contributed by atoms with E-state index in [9.17, 15) is 19.1 Å². The minimum Gasteiger partial charge on any atom is -0.480 e. The van der Waals surface area contributed by atoms with Crippen LogP contribution in [0.2, 0.25) is 0 Å². The van der Waals surface area contributed by atoms with Gasteiger partial charge in [0, 0.05) is 19.3 Å². The number of benzene rings is 1. The lowest BCUT2D eigenvalue weighted by Gasteiger charge is -2.28. The van der Waals surface area contributed by atoms with E-state index in [2.05, 4.69) is 0 Å². The summed E-state index contributed by atoms with van der Waals surface area (Å²) in [6, 6.07) is 4.32. The molecule has 0 aromatic heterocycles. The summed E-state index contributed by atoms with van der Waals surface area (Å²) in [4.78, 5) is 26.4. The number of urea groups is 1. The van der Waals surface area contributed by atoms with Crippen molar-refractivity contribution in [1.29, 1.82) is 0 Å². The summed E-state index contributed by atoms with van der Waals surface area (Å²) >= 11 is 0. The van der Waals surface area contributed by atoms with E-state index in [0.29, 0.717) is 18.7 Å². The molecule has 1 heterocycles. The third kappa shape index (κ3) is 2.59. The van der Waals surface area contributed by atoms with Crippen molar-refractivity contribution < 1.29 is 19.1 Å². The van der Waals surface area contributed by atoms with Gasteiger partial charge in [0.1, 0.15) is 11.9 Å². The van der Waals surface area contributed by atoms with Gasteiger partial charge in [-0.25, -0.2) is 14.0 Å². The van der Waals surface area contributed by atoms with E-state index in [1.54, 1.807) is 7.05 Å². The highest BCUT2D eigenvalue weighted by Crippen LogP contribution is 2.26. The number of halogens is 1. The summed E-state index contributed by atoms with van der Waals surface area (Å²) in [6.45, 7) is 2.24. The molecular weight excluding hydrogens is 263 g/mol. The second kappa shape index (κ2) is 5.48. The molecule has 1 saturated heterocycles. The van der Waals surface area contributed by atoms with Crippen LogP contribution in [0, 0.1) is 11.7 Å². The number of likely N-dealkylation sites (tertiary alicyclic amines) is 1. The van der Waals surface area contributed by atoms with Crippen molar-refractivity contribution in [2.45, 2.75) is 19.4 Å². The quantitative estimate of drug-likeness (QED) is 0.903. The van der Waals surface area contributed by atoms with Gasteiger partial charge in [-0.05, 0) is 36.6 Å². The van der Waals surface area contributed by atoms with Gasteiger partial charge in [-0.2, -0.15) is 0 Å². The molecule has 108 valence electrons. The maximum Gasteiger partial charge on any atom is 0.326 e. The molecule has 2 atom stereocenters. The molecule has 0 aliphatic carbocycles. The number of rotatable bonds is 2. The maximum absolute atomic E-state index is 12.9. The van der Waals surface area contributed by atoms with Crippen LogP contribution in [-0.4, -0.2) is 41.6 Å². The van der Waals surface area contributed by atoms with E-state index in [1.165, 1.54) is 34.1 Å². The molecule has 2 amide bonds. The number of carbonyl (C=O) groups excluding carboxylic acids is 1. The van der Waals surface area contributed by atoms with E-state index in [4.69, 9.17) is 0 Å². The van der Waals surface area contributed by atoms with Gasteiger partial charge in [0.25, 0.3) is 0 Å². The van der Waals surface area contributed by atoms with Crippen LogP contribution in [0.3, 0.4) is 0 Å². The minimum absolute atomic E-state index is 0.0712. The lowest BCUT2D eigenvalue weighted by molar-refractivity contribution is -0.142. The molecule has 1 aromatic carbocycles. The molecule has 2 rings (SSSR count). The number of carboxylic acid groups (broad SMARTS) is 1. The average Bonchev–Trinajstić information content (AvgIpc) is 2.80. The normalized spacial score (nSPS) is 21.9. The number of carbonyl (C=O) groups is 2. The summed E-state index contributed by atoms with van der Waals surface area (Å²) in [5.41, 5.74) is 0.528. The molecule has 5 nitrogen and oxygen atoms in total. The number of carboxylic acids is 1. The number of hydrogen-bond donors (Lipinski definition) is 1. The van der Waals surface area contributed by atoms with Crippen molar-refractivity contribution in [3.63, 3.8) is 0 Å². The smallest absolute Gasteiger partial charge is 0.326 e. The monoisotopic (exact) mass is 280 g/mol. The van der Waals surface area contributed by atoms with Crippen molar-refractivity contribution in [2.75, 3.05) is 18.5 Å². The molecule has 2 unspecified atom stereocenters. The fraction of sp³-hybridized carbons (Fsp3) is 0.429. The van der Waals surface area contributed by atoms with E-state index < -0.39 is 12.0 Å². The molecule has 0 spiro atoms. The fourth-order valence-electron chi connectivity index (χ4n) is 2.51. The van der Waals surface area contributed by atoms with Crippen LogP contribution < -0.4 is 4.90 Å². The van der Waals surface area contributed by atoms with Crippen molar-refractivity contribution in [3.05, 3.63) is 30.1 Å². The van der Waals surface area contributed by atoms with Crippen LogP contribution >= 0.6 is 0 Å². The van der Waals surface area contributed by atoms with Gasteiger partial charge < -0.3 is 10.0 Å². The van der Waals surface area contributed by atoms with Crippen LogP contribution in [0.5, 0.6) is 0 Å². The first-order valence-corrected chi connectivity index (χ1v) is 6.44. The van der Waals surface area contributed by atoms with Crippen LogP contribution in [0.1, 0.15) is 13.3 Å². The van der Waals surface area contributed by atoms with Gasteiger partial charge in [0.05, 0.1) is 0 Å². The highest BCUT2D eigenvalue weighted by molar-refractivity contribution is 5.94. The van der Waals surface area contributed by atoms with Gasteiger partial charge in [-0.3, -0.25) is 4.90 Å². The second-order valence-electron chi connectivity index (χ2n) is 5.06. The zero-order valence-electron chi connectivity index (χ0n) is 11.4. The minimum atomic E-state index is -0.990. The third-order valence-corrected chi connectivity index (χ3v) is 3.70. The summed E-state index contributed by atoms with van der Waals surface area (Å²) in [6.07, 6.45) is 0.667. The van der Waals surface area contributed by atoms with Crippen LogP contribution in [-0.2, 0) is 4.79 Å². The molecule has 1 aliphatic rings. The third-order valence-electron chi connectivity index (χ3n) is 3.70. The summed E-state index contributed by atoms with van der Waals surface area (Å²) in [5, 5.41) is 9.23. The standard InChI is InChI=1S/C14H17FN2O3/c1-9-7-8-17(12(9)13(18)19)14(20)16(2)11-5-3-10(15)4-6-11/h3-6,9,12H,7-8H2,1-2H3,(H,18,19). The van der Waals surface area contributed by atoms with Gasteiger partial charge in [-0.15, -0.1) is 0 Å². The number of amides is 2. The Morgan fingerprint density at radius 2 is 1.95 bits per heavy atom. The van der Waals surface area contributed by atoms with E-state index in [1.807, 2.05) is 6.92 Å². The van der Waals surface area contributed by atoms with E-state index in [0.717, 1.165) is 0 Å². The highest BCUT2D eigenvalue weighted by atomic mass is 19.1. The number of aliphatic carboxylic acids is 1. The molecule has 6 heteroatoms. The molecule has 1 N–H and O–H groups in total. The summed E-state index contributed by atoms with van der Waals surface area (Å²) in [5.74, 6) is -1.44.